The highest BCUT2D eigenvalue weighted by Gasteiger charge is 2.31. The molecule has 0 unspecified atom stereocenters. The molecule has 0 spiro atoms. The van der Waals surface area contributed by atoms with Gasteiger partial charge in [-0.25, -0.2) is 4.98 Å². The van der Waals surface area contributed by atoms with Gasteiger partial charge in [0.05, 0.1) is 16.9 Å². The van der Waals surface area contributed by atoms with E-state index in [-0.39, 0.29) is 0 Å². The third-order valence-corrected chi connectivity index (χ3v) is 4.02. The van der Waals surface area contributed by atoms with Crippen molar-refractivity contribution in [2.24, 2.45) is 0 Å². The molecule has 1 aliphatic carbocycles. The molecule has 3 nitrogen and oxygen atoms in total. The van der Waals surface area contributed by atoms with Gasteiger partial charge in [0.15, 0.2) is 0 Å². The third-order valence-electron chi connectivity index (χ3n) is 3.33. The molecule has 0 saturated heterocycles. The van der Waals surface area contributed by atoms with Crippen LogP contribution >= 0.6 is 15.9 Å². The molecule has 7 heteroatoms. The van der Waals surface area contributed by atoms with Gasteiger partial charge in [-0.3, -0.25) is 0 Å². The van der Waals surface area contributed by atoms with Crippen LogP contribution in [0.15, 0.2) is 28.9 Å². The molecule has 21 heavy (non-hydrogen) atoms. The molecule has 3 rings (SSSR count). The highest BCUT2D eigenvalue weighted by Crippen LogP contribution is 2.39. The van der Waals surface area contributed by atoms with E-state index in [1.807, 2.05) is 17.7 Å². The van der Waals surface area contributed by atoms with Gasteiger partial charge < -0.3 is 9.88 Å². The van der Waals surface area contributed by atoms with Crippen molar-refractivity contribution in [3.63, 3.8) is 0 Å². The highest BCUT2D eigenvalue weighted by molar-refractivity contribution is 9.10. The number of aromatic nitrogens is 2. The van der Waals surface area contributed by atoms with Gasteiger partial charge in [0.25, 0.3) is 0 Å². The molecule has 0 bridgehead atoms. The van der Waals surface area contributed by atoms with E-state index in [4.69, 9.17) is 0 Å². The predicted molar refractivity (Wildman–Crippen MR) is 77.7 cm³/mol. The summed E-state index contributed by atoms with van der Waals surface area (Å²) in [5, 5.41) is 3.00. The summed E-state index contributed by atoms with van der Waals surface area (Å²) >= 11 is 3.27. The van der Waals surface area contributed by atoms with Crippen LogP contribution in [-0.4, -0.2) is 9.55 Å². The van der Waals surface area contributed by atoms with Crippen LogP contribution in [0.4, 0.5) is 24.8 Å². The van der Waals surface area contributed by atoms with Gasteiger partial charge in [-0.2, -0.15) is 13.2 Å². The minimum absolute atomic E-state index is 0.359. The van der Waals surface area contributed by atoms with E-state index in [9.17, 15) is 13.2 Å². The van der Waals surface area contributed by atoms with Crippen molar-refractivity contribution in [3.8, 4) is 0 Å². The Kier molecular flexibility index (Phi) is 3.47. The van der Waals surface area contributed by atoms with Crippen LogP contribution in [-0.2, 0) is 6.18 Å². The number of alkyl halides is 3. The molecule has 0 aliphatic heterocycles. The van der Waals surface area contributed by atoms with Gasteiger partial charge in [0.1, 0.15) is 0 Å². The summed E-state index contributed by atoms with van der Waals surface area (Å²) in [5.41, 5.74) is 0.513. The lowest BCUT2D eigenvalue weighted by atomic mass is 10.2. The summed E-state index contributed by atoms with van der Waals surface area (Å²) in [5.74, 6) is 0.579. The molecule has 1 N–H and O–H groups in total. The van der Waals surface area contributed by atoms with Crippen molar-refractivity contribution < 1.29 is 13.2 Å². The molecular weight excluding hydrogens is 347 g/mol. The van der Waals surface area contributed by atoms with Gasteiger partial charge in [0, 0.05) is 16.7 Å². The van der Waals surface area contributed by atoms with Crippen molar-refractivity contribution in [2.45, 2.75) is 32.0 Å². The Morgan fingerprint density at radius 3 is 2.67 bits per heavy atom. The quantitative estimate of drug-likeness (QED) is 0.830. The largest absolute Gasteiger partial charge is 0.416 e. The number of rotatable bonds is 3. The Bertz CT molecular complexity index is 675. The van der Waals surface area contributed by atoms with E-state index in [1.54, 1.807) is 0 Å². The maximum atomic E-state index is 12.8. The molecule has 1 saturated carbocycles. The Labute approximate surface area is 128 Å². The zero-order valence-corrected chi connectivity index (χ0v) is 12.8. The standard InChI is InChI=1S/C14H13BrF3N3/c1-8-7-21(10-3-4-10)13(19-8)20-12-6-9(14(16,17)18)2-5-11(12)15/h2,5-7,10H,3-4H2,1H3,(H,19,20). The van der Waals surface area contributed by atoms with Crippen LogP contribution in [0.5, 0.6) is 0 Å². The summed E-state index contributed by atoms with van der Waals surface area (Å²) in [6.45, 7) is 1.87. The number of halogens is 4. The molecule has 0 atom stereocenters. The van der Waals surface area contributed by atoms with Crippen molar-refractivity contribution in [2.75, 3.05) is 5.32 Å². The van der Waals surface area contributed by atoms with Gasteiger partial charge >= 0.3 is 6.18 Å². The first kappa shape index (κ1) is 14.4. The first-order valence-corrected chi connectivity index (χ1v) is 7.33. The fraction of sp³-hybridized carbons (Fsp3) is 0.357. The average Bonchev–Trinajstić information content (AvgIpc) is 3.15. The molecule has 1 heterocycles. The van der Waals surface area contributed by atoms with Crippen LogP contribution in [0.25, 0.3) is 0 Å². The lowest BCUT2D eigenvalue weighted by Gasteiger charge is -2.13. The Hall–Kier alpha value is -1.50. The molecule has 1 aliphatic rings. The molecular formula is C14H13BrF3N3. The Balaban J connectivity index is 1.94. The second-order valence-corrected chi connectivity index (χ2v) is 6.02. The second kappa shape index (κ2) is 5.05. The molecule has 112 valence electrons. The van der Waals surface area contributed by atoms with Crippen LogP contribution in [0, 0.1) is 6.92 Å². The maximum Gasteiger partial charge on any atom is 0.416 e. The average molecular weight is 360 g/mol. The van der Waals surface area contributed by atoms with Crippen LogP contribution < -0.4 is 5.32 Å². The molecule has 0 radical (unpaired) electrons. The Morgan fingerprint density at radius 2 is 2.05 bits per heavy atom. The van der Waals surface area contributed by atoms with E-state index < -0.39 is 11.7 Å². The van der Waals surface area contributed by atoms with Crippen LogP contribution in [0.2, 0.25) is 0 Å². The molecule has 2 aromatic rings. The molecule has 1 fully saturated rings. The number of hydrogen-bond donors (Lipinski definition) is 1. The zero-order valence-electron chi connectivity index (χ0n) is 11.2. The number of nitrogens with zero attached hydrogens (tertiary/aromatic N) is 2. The number of imidazole rings is 1. The van der Waals surface area contributed by atoms with E-state index in [0.717, 1.165) is 30.7 Å². The lowest BCUT2D eigenvalue weighted by molar-refractivity contribution is -0.137. The zero-order chi connectivity index (χ0) is 15.2. The number of anilines is 2. The summed E-state index contributed by atoms with van der Waals surface area (Å²) in [6, 6.07) is 3.93. The fourth-order valence-electron chi connectivity index (χ4n) is 2.16. The molecule has 0 amide bonds. The summed E-state index contributed by atoms with van der Waals surface area (Å²) in [4.78, 5) is 4.35. The number of nitrogens with one attached hydrogen (secondary N) is 1. The van der Waals surface area contributed by atoms with Crippen molar-refractivity contribution in [3.05, 3.63) is 40.1 Å². The molecule has 1 aromatic heterocycles. The highest BCUT2D eigenvalue weighted by atomic mass is 79.9. The van der Waals surface area contributed by atoms with Crippen molar-refractivity contribution >= 4 is 27.6 Å². The van der Waals surface area contributed by atoms with Gasteiger partial charge in [0.2, 0.25) is 5.95 Å². The number of aryl methyl sites for hydroxylation is 1. The van der Waals surface area contributed by atoms with Crippen molar-refractivity contribution in [1.82, 2.24) is 9.55 Å². The van der Waals surface area contributed by atoms with Crippen molar-refractivity contribution in [1.29, 1.82) is 0 Å². The maximum absolute atomic E-state index is 12.8. The summed E-state index contributed by atoms with van der Waals surface area (Å²) in [7, 11) is 0. The second-order valence-electron chi connectivity index (χ2n) is 5.16. The fourth-order valence-corrected chi connectivity index (χ4v) is 2.50. The Morgan fingerprint density at radius 1 is 1.33 bits per heavy atom. The smallest absolute Gasteiger partial charge is 0.325 e. The number of benzene rings is 1. The minimum Gasteiger partial charge on any atom is -0.325 e. The minimum atomic E-state index is -4.36. The van der Waals surface area contributed by atoms with Crippen LogP contribution in [0.1, 0.15) is 30.1 Å². The van der Waals surface area contributed by atoms with E-state index in [2.05, 4.69) is 26.2 Å². The SMILES string of the molecule is Cc1cn(C2CC2)c(Nc2cc(C(F)(F)F)ccc2Br)n1. The monoisotopic (exact) mass is 359 g/mol. The topological polar surface area (TPSA) is 29.9 Å². The third kappa shape index (κ3) is 3.07. The predicted octanol–water partition coefficient (Wildman–Crippen LogP) is 5.05. The van der Waals surface area contributed by atoms with Crippen LogP contribution in [0.3, 0.4) is 0 Å². The number of hydrogen-bond acceptors (Lipinski definition) is 2. The van der Waals surface area contributed by atoms with Gasteiger partial charge in [-0.05, 0) is 53.9 Å². The van der Waals surface area contributed by atoms with E-state index in [1.165, 1.54) is 6.07 Å². The van der Waals surface area contributed by atoms with Gasteiger partial charge in [-0.1, -0.05) is 0 Å². The first-order chi connectivity index (χ1) is 9.84. The normalized spacial score (nSPS) is 15.3. The van der Waals surface area contributed by atoms with Gasteiger partial charge in [-0.15, -0.1) is 0 Å². The van der Waals surface area contributed by atoms with E-state index >= 15 is 0 Å². The first-order valence-electron chi connectivity index (χ1n) is 6.54. The lowest BCUT2D eigenvalue weighted by Crippen LogP contribution is -2.07. The summed E-state index contributed by atoms with van der Waals surface area (Å²) < 4.78 is 40.9. The summed E-state index contributed by atoms with van der Waals surface area (Å²) in [6.07, 6.45) is -0.289. The van der Waals surface area contributed by atoms with E-state index in [0.29, 0.717) is 22.2 Å². The molecule has 1 aromatic carbocycles.